The molecule has 4 heterocycles. The van der Waals surface area contributed by atoms with Gasteiger partial charge in [-0.25, -0.2) is 14.8 Å². The number of likely N-dealkylation sites (tertiary alicyclic amines) is 1. The molecule has 274 valence electrons. The Kier molecular flexibility index (Phi) is 9.87. The number of benzene rings is 1. The number of alkyl carbamates (subject to hydrolysis) is 1. The predicted octanol–water partition coefficient (Wildman–Crippen LogP) is 4.95. The highest BCUT2D eigenvalue weighted by atomic mass is 32.1. The summed E-state index contributed by atoms with van der Waals surface area (Å²) in [7, 11) is 0. The van der Waals surface area contributed by atoms with Crippen molar-refractivity contribution in [2.24, 2.45) is 16.7 Å². The molecule has 1 aliphatic carbocycles. The summed E-state index contributed by atoms with van der Waals surface area (Å²) in [6.45, 7) is 14.5. The van der Waals surface area contributed by atoms with Crippen LogP contribution in [0.1, 0.15) is 60.8 Å². The number of anilines is 1. The van der Waals surface area contributed by atoms with E-state index in [0.29, 0.717) is 23.1 Å². The molecule has 0 spiro atoms. The SMILES string of the molecule is C=C[C@@H]1C[C@]1(CC(=O)[C@@H]1C[C@@H](Oc2nc3ccccc3nc2-c2cccs2)CN1C(=O)[C@@H](NC(=O)OC(C)(C)C)C(C)(C)C)C(=O)Nc1nn[nH]n1. The Morgan fingerprint density at radius 3 is 2.42 bits per heavy atom. The van der Waals surface area contributed by atoms with Gasteiger partial charge >= 0.3 is 6.09 Å². The molecular weight excluding hydrogens is 687 g/mol. The number of nitrogens with one attached hydrogen (secondary N) is 3. The number of nitrogens with zero attached hydrogens (tertiary/aromatic N) is 6. The number of thiophene rings is 1. The van der Waals surface area contributed by atoms with Gasteiger partial charge in [0, 0.05) is 12.8 Å². The third kappa shape index (κ3) is 7.81. The average molecular weight is 730 g/mol. The molecule has 2 fully saturated rings. The number of tetrazole rings is 1. The lowest BCUT2D eigenvalue weighted by molar-refractivity contribution is -0.142. The van der Waals surface area contributed by atoms with Crippen LogP contribution >= 0.6 is 11.3 Å². The Balaban J connectivity index is 1.32. The molecule has 1 saturated heterocycles. The monoisotopic (exact) mass is 729 g/mol. The molecule has 1 aliphatic heterocycles. The predicted molar refractivity (Wildman–Crippen MR) is 193 cm³/mol. The van der Waals surface area contributed by atoms with Crippen molar-refractivity contribution < 1.29 is 28.7 Å². The van der Waals surface area contributed by atoms with E-state index in [1.807, 2.05) is 62.5 Å². The number of ether oxygens (including phenoxy) is 2. The highest BCUT2D eigenvalue weighted by molar-refractivity contribution is 7.13. The molecule has 1 aromatic carbocycles. The first-order valence-electron chi connectivity index (χ1n) is 17.1. The number of amides is 3. The molecule has 0 unspecified atom stereocenters. The second-order valence-corrected chi connectivity index (χ2v) is 16.3. The smallest absolute Gasteiger partial charge is 0.408 e. The zero-order valence-electron chi connectivity index (χ0n) is 30.0. The van der Waals surface area contributed by atoms with E-state index in [0.717, 1.165) is 4.88 Å². The number of Topliss-reactive ketones (excluding diaryl/α,β-unsaturated/α-hetero) is 1. The molecule has 16 heteroatoms. The molecule has 5 atom stereocenters. The van der Waals surface area contributed by atoms with Crippen LogP contribution < -0.4 is 15.4 Å². The van der Waals surface area contributed by atoms with Crippen LogP contribution in [0.15, 0.2) is 54.4 Å². The van der Waals surface area contributed by atoms with Gasteiger partial charge in [0.1, 0.15) is 23.4 Å². The highest BCUT2D eigenvalue weighted by Crippen LogP contribution is 2.57. The quantitative estimate of drug-likeness (QED) is 0.177. The molecule has 3 N–H and O–H groups in total. The summed E-state index contributed by atoms with van der Waals surface area (Å²) in [5.41, 5.74) is -0.811. The lowest BCUT2D eigenvalue weighted by Crippen LogP contribution is -2.57. The van der Waals surface area contributed by atoms with Crippen LogP contribution in [0.3, 0.4) is 0 Å². The summed E-state index contributed by atoms with van der Waals surface area (Å²) in [5, 5.41) is 20.7. The van der Waals surface area contributed by atoms with Gasteiger partial charge < -0.3 is 19.7 Å². The molecule has 4 aromatic rings. The number of para-hydroxylation sites is 2. The molecule has 52 heavy (non-hydrogen) atoms. The second-order valence-electron chi connectivity index (χ2n) is 15.3. The van der Waals surface area contributed by atoms with Crippen LogP contribution in [0.2, 0.25) is 0 Å². The van der Waals surface area contributed by atoms with Crippen LogP contribution in [0.25, 0.3) is 21.6 Å². The number of aromatic amines is 1. The van der Waals surface area contributed by atoms with E-state index in [1.54, 1.807) is 26.8 Å². The zero-order chi connectivity index (χ0) is 37.4. The molecule has 0 radical (unpaired) electrons. The van der Waals surface area contributed by atoms with Gasteiger partial charge in [-0.3, -0.25) is 19.7 Å². The number of fused-ring (bicyclic) bond motifs is 1. The Labute approximate surface area is 305 Å². The van der Waals surface area contributed by atoms with Crippen molar-refractivity contribution in [1.29, 1.82) is 0 Å². The van der Waals surface area contributed by atoms with Crippen molar-refractivity contribution in [3.63, 3.8) is 0 Å². The minimum absolute atomic E-state index is 0.0167. The molecule has 2 aliphatic rings. The standard InChI is InChI=1S/C36H43N9O6S/c1-8-20-17-36(20,31(48)40-32-41-43-44-42-32)18-25(46)24-16-21(19-45(24)30(47)28(34(2,3)4)39-33(49)51-35(5,6)7)50-29-27(26-14-11-15-52-26)37-22-12-9-10-13-23(22)38-29/h8-15,20-21,24,28H,1,16-19H2,2-7H3,(H,39,49)(H2,40,41,42,43,44,48)/t20-,21-,24+,28-,36-/m1/s1. The van der Waals surface area contributed by atoms with Gasteiger partial charge in [-0.1, -0.05) is 50.1 Å². The minimum atomic E-state index is -1.11. The van der Waals surface area contributed by atoms with Gasteiger partial charge in [0.05, 0.1) is 33.9 Å². The van der Waals surface area contributed by atoms with Gasteiger partial charge in [0.2, 0.25) is 17.7 Å². The maximum absolute atomic E-state index is 14.6. The van der Waals surface area contributed by atoms with E-state index in [1.165, 1.54) is 16.2 Å². The van der Waals surface area contributed by atoms with E-state index < -0.39 is 52.5 Å². The Hall–Kier alpha value is -5.25. The Morgan fingerprint density at radius 2 is 1.83 bits per heavy atom. The third-order valence-corrected chi connectivity index (χ3v) is 10.1. The summed E-state index contributed by atoms with van der Waals surface area (Å²) in [6, 6.07) is 9.25. The lowest BCUT2D eigenvalue weighted by Gasteiger charge is -2.36. The fraction of sp³-hybridized carbons (Fsp3) is 0.472. The van der Waals surface area contributed by atoms with Crippen LogP contribution in [0, 0.1) is 16.7 Å². The van der Waals surface area contributed by atoms with Crippen molar-refractivity contribution >= 4 is 52.0 Å². The first-order valence-corrected chi connectivity index (χ1v) is 17.9. The maximum Gasteiger partial charge on any atom is 0.408 e. The number of carbonyl (C=O) groups is 4. The van der Waals surface area contributed by atoms with E-state index in [4.69, 9.17) is 19.4 Å². The van der Waals surface area contributed by atoms with Crippen LogP contribution in [0.4, 0.5) is 10.7 Å². The molecule has 3 amide bonds. The van der Waals surface area contributed by atoms with Gasteiger partial charge in [0.25, 0.3) is 5.95 Å². The number of allylic oxidation sites excluding steroid dienone is 1. The second kappa shape index (κ2) is 14.1. The van der Waals surface area contributed by atoms with E-state index in [-0.39, 0.29) is 42.9 Å². The van der Waals surface area contributed by atoms with E-state index >= 15 is 0 Å². The number of hydrogen-bond donors (Lipinski definition) is 3. The molecule has 3 aromatic heterocycles. The van der Waals surface area contributed by atoms with Crippen LogP contribution in [0.5, 0.6) is 5.88 Å². The lowest BCUT2D eigenvalue weighted by atomic mass is 9.85. The zero-order valence-corrected chi connectivity index (χ0v) is 30.8. The summed E-state index contributed by atoms with van der Waals surface area (Å²) in [6.07, 6.45) is 0.545. The minimum Gasteiger partial charge on any atom is -0.471 e. The largest absolute Gasteiger partial charge is 0.471 e. The summed E-state index contributed by atoms with van der Waals surface area (Å²) in [5.74, 6) is -1.28. The molecule has 0 bridgehead atoms. The molecule has 15 nitrogen and oxygen atoms in total. The number of ketones is 1. The Morgan fingerprint density at radius 1 is 1.10 bits per heavy atom. The van der Waals surface area contributed by atoms with Gasteiger partial charge in [0.15, 0.2) is 5.78 Å². The third-order valence-electron chi connectivity index (χ3n) is 9.19. The normalized spacial score (nSPS) is 22.0. The number of aromatic nitrogens is 6. The number of carbonyl (C=O) groups excluding carboxylic acids is 4. The van der Waals surface area contributed by atoms with Crippen molar-refractivity contribution in [1.82, 2.24) is 40.8 Å². The Bertz CT molecular complexity index is 1970. The fourth-order valence-corrected chi connectivity index (χ4v) is 7.23. The summed E-state index contributed by atoms with van der Waals surface area (Å²) < 4.78 is 12.1. The van der Waals surface area contributed by atoms with Crippen molar-refractivity contribution in [3.05, 3.63) is 54.4 Å². The summed E-state index contributed by atoms with van der Waals surface area (Å²) >= 11 is 1.49. The van der Waals surface area contributed by atoms with Crippen molar-refractivity contribution in [2.75, 3.05) is 11.9 Å². The molecule has 6 rings (SSSR count). The van der Waals surface area contributed by atoms with E-state index in [2.05, 4.69) is 37.8 Å². The summed E-state index contributed by atoms with van der Waals surface area (Å²) in [4.78, 5) is 67.5. The van der Waals surface area contributed by atoms with E-state index in [9.17, 15) is 19.2 Å². The maximum atomic E-state index is 14.6. The first kappa shape index (κ1) is 36.5. The van der Waals surface area contributed by atoms with Crippen LogP contribution in [-0.2, 0) is 19.1 Å². The van der Waals surface area contributed by atoms with Crippen molar-refractivity contribution in [3.8, 4) is 16.5 Å². The van der Waals surface area contributed by atoms with Gasteiger partial charge in [-0.05, 0) is 67.3 Å². The van der Waals surface area contributed by atoms with Crippen LogP contribution in [-0.4, -0.2) is 89.5 Å². The topological polar surface area (TPSA) is 194 Å². The molecule has 1 saturated carbocycles. The first-order chi connectivity index (χ1) is 24.6. The average Bonchev–Trinajstić information content (AvgIpc) is 3.56. The van der Waals surface area contributed by atoms with Gasteiger partial charge in [-0.15, -0.1) is 23.0 Å². The fourth-order valence-electron chi connectivity index (χ4n) is 6.53. The number of H-pyrrole nitrogens is 1. The van der Waals surface area contributed by atoms with Crippen molar-refractivity contribution in [2.45, 2.75) is 84.6 Å². The number of hydrogen-bond acceptors (Lipinski definition) is 12. The van der Waals surface area contributed by atoms with Gasteiger partial charge in [-0.2, -0.15) is 5.21 Å². The number of rotatable bonds is 11. The molecular formula is C36H43N9O6S. The highest BCUT2D eigenvalue weighted by Gasteiger charge is 2.60.